The number of hydrogen-bond donors (Lipinski definition) is 2. The summed E-state index contributed by atoms with van der Waals surface area (Å²) in [5.74, 6) is 0.532. The van der Waals surface area contributed by atoms with Crippen molar-refractivity contribution in [2.75, 3.05) is 0 Å². The lowest BCUT2D eigenvalue weighted by Crippen LogP contribution is -2.47. The highest BCUT2D eigenvalue weighted by Gasteiger charge is 2.28. The zero-order chi connectivity index (χ0) is 15.2. The average molecular weight is 288 g/mol. The lowest BCUT2D eigenvalue weighted by Gasteiger charge is -2.33. The molecule has 1 aliphatic carbocycles. The van der Waals surface area contributed by atoms with Gasteiger partial charge in [-0.3, -0.25) is 4.79 Å². The van der Waals surface area contributed by atoms with E-state index in [0.717, 1.165) is 12.8 Å². The van der Waals surface area contributed by atoms with Crippen LogP contribution in [0.25, 0.3) is 0 Å². The van der Waals surface area contributed by atoms with Gasteiger partial charge >= 0.3 is 0 Å². The van der Waals surface area contributed by atoms with Crippen LogP contribution in [-0.4, -0.2) is 18.0 Å². The maximum absolute atomic E-state index is 12.3. The van der Waals surface area contributed by atoms with Crippen molar-refractivity contribution in [3.63, 3.8) is 0 Å². The summed E-state index contributed by atoms with van der Waals surface area (Å²) in [5.41, 5.74) is 7.20. The highest BCUT2D eigenvalue weighted by Crippen LogP contribution is 2.28. The first-order valence-electron chi connectivity index (χ1n) is 8.18. The van der Waals surface area contributed by atoms with E-state index < -0.39 is 0 Å². The molecule has 0 heterocycles. The van der Waals surface area contributed by atoms with Crippen LogP contribution >= 0.6 is 0 Å². The van der Waals surface area contributed by atoms with E-state index in [0.29, 0.717) is 12.0 Å². The Bertz CT molecular complexity index is 444. The minimum Gasteiger partial charge on any atom is -0.353 e. The number of carbonyl (C=O) groups is 1. The van der Waals surface area contributed by atoms with E-state index in [-0.39, 0.29) is 17.9 Å². The van der Waals surface area contributed by atoms with Crippen LogP contribution in [0.5, 0.6) is 0 Å². The zero-order valence-electron chi connectivity index (χ0n) is 13.2. The summed E-state index contributed by atoms with van der Waals surface area (Å²) in [6.45, 7) is 3.81. The topological polar surface area (TPSA) is 55.1 Å². The molecule has 3 nitrogen and oxygen atoms in total. The molecule has 1 aromatic rings. The predicted molar refractivity (Wildman–Crippen MR) is 86.8 cm³/mol. The van der Waals surface area contributed by atoms with Crippen molar-refractivity contribution in [1.29, 1.82) is 0 Å². The molecule has 1 saturated carbocycles. The van der Waals surface area contributed by atoms with E-state index in [1.165, 1.54) is 24.8 Å². The van der Waals surface area contributed by atoms with Gasteiger partial charge in [0.05, 0.1) is 0 Å². The van der Waals surface area contributed by atoms with Crippen molar-refractivity contribution in [3.8, 4) is 0 Å². The van der Waals surface area contributed by atoms with E-state index in [1.807, 2.05) is 19.9 Å². The molecule has 1 aromatic carbocycles. The maximum atomic E-state index is 12.3. The second-order valence-electron chi connectivity index (χ2n) is 6.50. The summed E-state index contributed by atoms with van der Waals surface area (Å²) in [6.07, 6.45) is 5.83. The highest BCUT2D eigenvalue weighted by atomic mass is 16.2. The smallest absolute Gasteiger partial charge is 0.224 e. The lowest BCUT2D eigenvalue weighted by molar-refractivity contribution is -0.126. The quantitative estimate of drug-likeness (QED) is 0.875. The van der Waals surface area contributed by atoms with Gasteiger partial charge in [0, 0.05) is 18.0 Å². The Morgan fingerprint density at radius 2 is 1.90 bits per heavy atom. The molecule has 0 saturated heterocycles. The first-order chi connectivity index (χ1) is 10.1. The fraction of sp³-hybridized carbons (Fsp3) is 0.611. The number of hydrogen-bond acceptors (Lipinski definition) is 2. The third kappa shape index (κ3) is 4.57. The highest BCUT2D eigenvalue weighted by molar-refractivity contribution is 5.79. The van der Waals surface area contributed by atoms with Gasteiger partial charge in [-0.2, -0.15) is 0 Å². The van der Waals surface area contributed by atoms with E-state index >= 15 is 0 Å². The third-order valence-electron chi connectivity index (χ3n) is 4.78. The van der Waals surface area contributed by atoms with Crippen LogP contribution in [0.15, 0.2) is 30.3 Å². The second-order valence-corrected chi connectivity index (χ2v) is 6.50. The molecule has 0 bridgehead atoms. The molecule has 4 unspecified atom stereocenters. The number of rotatable bonds is 5. The van der Waals surface area contributed by atoms with Crippen molar-refractivity contribution in [1.82, 2.24) is 5.32 Å². The van der Waals surface area contributed by atoms with Crippen LogP contribution in [0, 0.1) is 11.8 Å². The standard InChI is InChI=1S/C18H28N2O/c1-13(14(2)19)18(21)20-17-11-7-6-10-16(17)12-15-8-4-3-5-9-15/h3-5,8-9,13-14,16-17H,6-7,10-12,19H2,1-2H3,(H,20,21). The molecule has 3 N–H and O–H groups in total. The molecule has 0 spiro atoms. The lowest BCUT2D eigenvalue weighted by atomic mass is 9.80. The van der Waals surface area contributed by atoms with Gasteiger partial charge in [0.25, 0.3) is 0 Å². The Labute approximate surface area is 128 Å². The monoisotopic (exact) mass is 288 g/mol. The molecule has 1 fully saturated rings. The SMILES string of the molecule is CC(N)C(C)C(=O)NC1CCCCC1Cc1ccccc1. The minimum atomic E-state index is -0.121. The average Bonchev–Trinajstić information content (AvgIpc) is 2.49. The van der Waals surface area contributed by atoms with Crippen LogP contribution < -0.4 is 11.1 Å². The van der Waals surface area contributed by atoms with Crippen molar-refractivity contribution in [3.05, 3.63) is 35.9 Å². The van der Waals surface area contributed by atoms with Gasteiger partial charge in [-0.05, 0) is 37.7 Å². The Morgan fingerprint density at radius 3 is 2.57 bits per heavy atom. The van der Waals surface area contributed by atoms with Gasteiger partial charge in [-0.25, -0.2) is 0 Å². The molecule has 4 atom stereocenters. The van der Waals surface area contributed by atoms with Gasteiger partial charge in [-0.1, -0.05) is 50.1 Å². The van der Waals surface area contributed by atoms with Crippen LogP contribution in [0.2, 0.25) is 0 Å². The normalized spacial score (nSPS) is 25.1. The Kier molecular flexibility index (Phi) is 5.80. The third-order valence-corrected chi connectivity index (χ3v) is 4.78. The minimum absolute atomic E-state index is 0.0961. The predicted octanol–water partition coefficient (Wildman–Crippen LogP) is 2.89. The Hall–Kier alpha value is -1.35. The van der Waals surface area contributed by atoms with Gasteiger partial charge < -0.3 is 11.1 Å². The van der Waals surface area contributed by atoms with Crippen molar-refractivity contribution in [2.45, 2.75) is 58.0 Å². The largest absolute Gasteiger partial charge is 0.353 e. The van der Waals surface area contributed by atoms with Crippen molar-refractivity contribution in [2.24, 2.45) is 17.6 Å². The van der Waals surface area contributed by atoms with Crippen LogP contribution in [-0.2, 0) is 11.2 Å². The summed E-state index contributed by atoms with van der Waals surface area (Å²) in [7, 11) is 0. The second kappa shape index (κ2) is 7.60. The fourth-order valence-corrected chi connectivity index (χ4v) is 3.11. The summed E-state index contributed by atoms with van der Waals surface area (Å²) in [5, 5.41) is 3.25. The number of nitrogens with two attached hydrogens (primary N) is 1. The Balaban J connectivity index is 1.97. The number of nitrogens with one attached hydrogen (secondary N) is 1. The van der Waals surface area contributed by atoms with Gasteiger partial charge in [0.15, 0.2) is 0 Å². The van der Waals surface area contributed by atoms with Gasteiger partial charge in [-0.15, -0.1) is 0 Å². The molecular weight excluding hydrogens is 260 g/mol. The van der Waals surface area contributed by atoms with Crippen molar-refractivity contribution >= 4 is 5.91 Å². The molecule has 1 aliphatic rings. The fourth-order valence-electron chi connectivity index (χ4n) is 3.11. The summed E-state index contributed by atoms with van der Waals surface area (Å²) >= 11 is 0. The molecule has 2 rings (SSSR count). The number of benzene rings is 1. The molecule has 0 aromatic heterocycles. The van der Waals surface area contributed by atoms with E-state index in [2.05, 4.69) is 29.6 Å². The molecule has 3 heteroatoms. The molecule has 0 aliphatic heterocycles. The van der Waals surface area contributed by atoms with Gasteiger partial charge in [0.2, 0.25) is 5.91 Å². The molecule has 0 radical (unpaired) electrons. The van der Waals surface area contributed by atoms with Crippen LogP contribution in [0.1, 0.15) is 45.1 Å². The zero-order valence-corrected chi connectivity index (χ0v) is 13.2. The van der Waals surface area contributed by atoms with E-state index in [9.17, 15) is 4.79 Å². The van der Waals surface area contributed by atoms with Gasteiger partial charge in [0.1, 0.15) is 0 Å². The first-order valence-corrected chi connectivity index (χ1v) is 8.18. The number of carbonyl (C=O) groups excluding carboxylic acids is 1. The molecule has 21 heavy (non-hydrogen) atoms. The van der Waals surface area contributed by atoms with E-state index in [1.54, 1.807) is 0 Å². The Morgan fingerprint density at radius 1 is 1.24 bits per heavy atom. The first kappa shape index (κ1) is 16.0. The summed E-state index contributed by atoms with van der Waals surface area (Å²) < 4.78 is 0. The molecular formula is C18H28N2O. The maximum Gasteiger partial charge on any atom is 0.224 e. The van der Waals surface area contributed by atoms with E-state index in [4.69, 9.17) is 5.73 Å². The number of amides is 1. The summed E-state index contributed by atoms with van der Waals surface area (Å²) in [6, 6.07) is 10.8. The van der Waals surface area contributed by atoms with Crippen molar-refractivity contribution < 1.29 is 4.79 Å². The molecule has 1 amide bonds. The van der Waals surface area contributed by atoms with Crippen LogP contribution in [0.3, 0.4) is 0 Å². The summed E-state index contributed by atoms with van der Waals surface area (Å²) in [4.78, 5) is 12.3. The van der Waals surface area contributed by atoms with Crippen LogP contribution in [0.4, 0.5) is 0 Å². The molecule has 116 valence electrons.